The lowest BCUT2D eigenvalue weighted by Gasteiger charge is -2.11. The number of ether oxygens (including phenoxy) is 3. The number of carbonyl (C=O) groups excluding carboxylic acids is 1. The van der Waals surface area contributed by atoms with Crippen molar-refractivity contribution in [1.82, 2.24) is 0 Å². The predicted molar refractivity (Wildman–Crippen MR) is 99.6 cm³/mol. The molecule has 0 N–H and O–H groups in total. The van der Waals surface area contributed by atoms with Gasteiger partial charge in [-0.2, -0.15) is 0 Å². The van der Waals surface area contributed by atoms with Gasteiger partial charge in [-0.25, -0.2) is 0 Å². The van der Waals surface area contributed by atoms with Crippen LogP contribution in [0.2, 0.25) is 0 Å². The van der Waals surface area contributed by atoms with E-state index in [-0.39, 0.29) is 5.78 Å². The molecule has 2 aromatic carbocycles. The van der Waals surface area contributed by atoms with E-state index in [1.807, 2.05) is 12.1 Å². The Hall–Kier alpha value is -2.59. The van der Waals surface area contributed by atoms with Gasteiger partial charge in [-0.3, -0.25) is 4.79 Å². The zero-order valence-corrected chi connectivity index (χ0v) is 15.2. The van der Waals surface area contributed by atoms with Crippen molar-refractivity contribution < 1.29 is 19.0 Å². The largest absolute Gasteiger partial charge is 0.493 e. The van der Waals surface area contributed by atoms with Crippen LogP contribution >= 0.6 is 0 Å². The van der Waals surface area contributed by atoms with E-state index >= 15 is 0 Å². The van der Waals surface area contributed by atoms with Gasteiger partial charge >= 0.3 is 0 Å². The van der Waals surface area contributed by atoms with Crippen molar-refractivity contribution >= 4 is 11.9 Å². The summed E-state index contributed by atoms with van der Waals surface area (Å²) in [5.41, 5.74) is 3.99. The molecule has 25 heavy (non-hydrogen) atoms. The smallest absolute Gasteiger partial charge is 0.185 e. The third-order valence-corrected chi connectivity index (χ3v) is 3.95. The number of rotatable bonds is 8. The minimum absolute atomic E-state index is 0.0834. The number of hydrogen-bond acceptors (Lipinski definition) is 4. The van der Waals surface area contributed by atoms with Crippen molar-refractivity contribution in [2.75, 3.05) is 27.4 Å². The summed E-state index contributed by atoms with van der Waals surface area (Å²) in [5.74, 6) is 1.04. The van der Waals surface area contributed by atoms with Gasteiger partial charge in [0, 0.05) is 12.7 Å². The number of carbonyl (C=O) groups is 1. The van der Waals surface area contributed by atoms with E-state index in [4.69, 9.17) is 14.2 Å². The first-order valence-electron chi connectivity index (χ1n) is 8.14. The van der Waals surface area contributed by atoms with Crippen LogP contribution in [0.15, 0.2) is 42.5 Å². The summed E-state index contributed by atoms with van der Waals surface area (Å²) < 4.78 is 15.9. The summed E-state index contributed by atoms with van der Waals surface area (Å²) in [7, 11) is 3.17. The molecule has 0 fully saturated rings. The quantitative estimate of drug-likeness (QED) is 0.410. The first-order chi connectivity index (χ1) is 12.0. The summed E-state index contributed by atoms with van der Waals surface area (Å²) in [6.45, 7) is 5.04. The SMILES string of the molecule is COCCOc1ccc(C(=O)/C=C/c2ccc(C)c(C)c2)cc1OC. The van der Waals surface area contributed by atoms with Crippen LogP contribution in [-0.2, 0) is 4.74 Å². The average molecular weight is 340 g/mol. The van der Waals surface area contributed by atoms with Crippen LogP contribution in [-0.4, -0.2) is 33.2 Å². The van der Waals surface area contributed by atoms with Crippen LogP contribution in [0.5, 0.6) is 11.5 Å². The van der Waals surface area contributed by atoms with Crippen molar-refractivity contribution in [2.45, 2.75) is 13.8 Å². The van der Waals surface area contributed by atoms with Gasteiger partial charge in [0.15, 0.2) is 17.3 Å². The van der Waals surface area contributed by atoms with Crippen LogP contribution in [0.1, 0.15) is 27.0 Å². The van der Waals surface area contributed by atoms with Gasteiger partial charge in [0.2, 0.25) is 0 Å². The third-order valence-electron chi connectivity index (χ3n) is 3.95. The predicted octanol–water partition coefficient (Wildman–Crippen LogP) is 4.23. The van der Waals surface area contributed by atoms with Crippen molar-refractivity contribution in [3.8, 4) is 11.5 Å². The Morgan fingerprint density at radius 1 is 0.960 bits per heavy atom. The molecule has 0 aromatic heterocycles. The van der Waals surface area contributed by atoms with Crippen molar-refractivity contribution in [3.05, 3.63) is 64.7 Å². The van der Waals surface area contributed by atoms with Crippen LogP contribution in [0.3, 0.4) is 0 Å². The van der Waals surface area contributed by atoms with Gasteiger partial charge in [-0.05, 0) is 54.8 Å². The van der Waals surface area contributed by atoms with Crippen molar-refractivity contribution in [3.63, 3.8) is 0 Å². The molecule has 2 rings (SSSR count). The molecule has 0 unspecified atom stereocenters. The number of benzene rings is 2. The monoisotopic (exact) mass is 340 g/mol. The lowest BCUT2D eigenvalue weighted by Crippen LogP contribution is -2.06. The zero-order valence-electron chi connectivity index (χ0n) is 15.2. The second-order valence-electron chi connectivity index (χ2n) is 5.75. The Labute approximate surface area is 149 Å². The van der Waals surface area contributed by atoms with Crippen LogP contribution < -0.4 is 9.47 Å². The topological polar surface area (TPSA) is 44.8 Å². The van der Waals surface area contributed by atoms with Crippen LogP contribution in [0, 0.1) is 13.8 Å². The fourth-order valence-corrected chi connectivity index (χ4v) is 2.31. The van der Waals surface area contributed by atoms with Gasteiger partial charge in [0.25, 0.3) is 0 Å². The van der Waals surface area contributed by atoms with Crippen molar-refractivity contribution in [2.24, 2.45) is 0 Å². The molecule has 0 saturated carbocycles. The first kappa shape index (κ1) is 18.7. The highest BCUT2D eigenvalue weighted by Crippen LogP contribution is 2.28. The fourth-order valence-electron chi connectivity index (χ4n) is 2.31. The fraction of sp³-hybridized carbons (Fsp3) is 0.286. The van der Waals surface area contributed by atoms with Crippen LogP contribution in [0.25, 0.3) is 6.08 Å². The van der Waals surface area contributed by atoms with Gasteiger partial charge in [0.05, 0.1) is 13.7 Å². The molecule has 0 bridgehead atoms. The molecule has 0 aliphatic carbocycles. The normalized spacial score (nSPS) is 10.9. The lowest BCUT2D eigenvalue weighted by molar-refractivity contribution is 0.104. The third kappa shape index (κ3) is 5.19. The van der Waals surface area contributed by atoms with Gasteiger partial charge < -0.3 is 14.2 Å². The molecule has 132 valence electrons. The Balaban J connectivity index is 2.12. The summed E-state index contributed by atoms with van der Waals surface area (Å²) in [6.07, 6.45) is 3.40. The molecule has 0 spiro atoms. The Kier molecular flexibility index (Phi) is 6.78. The highest BCUT2D eigenvalue weighted by atomic mass is 16.5. The van der Waals surface area contributed by atoms with Gasteiger partial charge in [-0.15, -0.1) is 0 Å². The van der Waals surface area contributed by atoms with Crippen molar-refractivity contribution in [1.29, 1.82) is 0 Å². The number of methoxy groups -OCH3 is 2. The Morgan fingerprint density at radius 2 is 1.76 bits per heavy atom. The molecule has 0 saturated heterocycles. The first-order valence-corrected chi connectivity index (χ1v) is 8.14. The Bertz CT molecular complexity index is 762. The summed E-state index contributed by atoms with van der Waals surface area (Å²) in [5, 5.41) is 0. The molecule has 4 nitrogen and oxygen atoms in total. The second kappa shape index (κ2) is 9.04. The highest BCUT2D eigenvalue weighted by molar-refractivity contribution is 6.07. The molecule has 0 aliphatic rings. The van der Waals surface area contributed by atoms with E-state index in [1.165, 1.54) is 11.1 Å². The number of ketones is 1. The molecular formula is C21H24O4. The number of hydrogen-bond donors (Lipinski definition) is 0. The van der Waals surface area contributed by atoms with E-state index in [9.17, 15) is 4.79 Å². The molecule has 2 aromatic rings. The lowest BCUT2D eigenvalue weighted by atomic mass is 10.0. The summed E-state index contributed by atoms with van der Waals surface area (Å²) >= 11 is 0. The zero-order chi connectivity index (χ0) is 18.2. The van der Waals surface area contributed by atoms with E-state index in [0.717, 1.165) is 5.56 Å². The molecule has 0 aliphatic heterocycles. The Morgan fingerprint density at radius 3 is 2.44 bits per heavy atom. The second-order valence-corrected chi connectivity index (χ2v) is 5.75. The van der Waals surface area contributed by atoms with Crippen LogP contribution in [0.4, 0.5) is 0 Å². The molecule has 0 amide bonds. The van der Waals surface area contributed by atoms with E-state index in [2.05, 4.69) is 26.0 Å². The maximum atomic E-state index is 12.4. The molecule has 0 atom stereocenters. The van der Waals surface area contributed by atoms with E-state index in [0.29, 0.717) is 30.3 Å². The minimum atomic E-state index is -0.0834. The summed E-state index contributed by atoms with van der Waals surface area (Å²) in [4.78, 5) is 12.4. The minimum Gasteiger partial charge on any atom is -0.493 e. The number of aryl methyl sites for hydroxylation is 2. The molecule has 0 heterocycles. The maximum Gasteiger partial charge on any atom is 0.185 e. The molecular weight excluding hydrogens is 316 g/mol. The van der Waals surface area contributed by atoms with E-state index < -0.39 is 0 Å². The van der Waals surface area contributed by atoms with Gasteiger partial charge in [0.1, 0.15) is 6.61 Å². The summed E-state index contributed by atoms with van der Waals surface area (Å²) in [6, 6.07) is 11.3. The molecule has 0 radical (unpaired) electrons. The maximum absolute atomic E-state index is 12.4. The standard InChI is InChI=1S/C21H24O4/c1-15-5-6-17(13-16(15)2)7-9-19(22)18-8-10-20(21(14-18)24-4)25-12-11-23-3/h5-10,13-14H,11-12H2,1-4H3/b9-7+. The van der Waals surface area contributed by atoms with E-state index in [1.54, 1.807) is 38.5 Å². The highest BCUT2D eigenvalue weighted by Gasteiger charge is 2.09. The molecule has 4 heteroatoms. The van der Waals surface area contributed by atoms with Gasteiger partial charge in [-0.1, -0.05) is 24.3 Å². The number of allylic oxidation sites excluding steroid dienone is 1. The average Bonchev–Trinajstić information content (AvgIpc) is 2.62.